The lowest BCUT2D eigenvalue weighted by atomic mass is 10.0. The summed E-state index contributed by atoms with van der Waals surface area (Å²) in [6, 6.07) is 16.4. The summed E-state index contributed by atoms with van der Waals surface area (Å²) in [6.07, 6.45) is 1.15. The second-order valence-electron chi connectivity index (χ2n) is 6.16. The van der Waals surface area contributed by atoms with Crippen LogP contribution in [-0.4, -0.2) is 27.9 Å². The van der Waals surface area contributed by atoms with Crippen molar-refractivity contribution in [3.63, 3.8) is 0 Å². The number of aromatic nitrogens is 1. The molecule has 10 heteroatoms. The standard InChI is InChI=1S/C20H16N6O4/c21-12-14-4-6-15(7-5-14)17-2-1-3-18(20(17)26(29)30)22-10-11-23-19-9-8-16(13-24-19)25(27)28/h1-9,13,22H,10-11H2,(H,23,24). The number of pyridine rings is 1. The fourth-order valence-electron chi connectivity index (χ4n) is 2.83. The number of anilines is 2. The van der Waals surface area contributed by atoms with Gasteiger partial charge in [0.2, 0.25) is 0 Å². The molecule has 0 atom stereocenters. The van der Waals surface area contributed by atoms with E-state index in [4.69, 9.17) is 5.26 Å². The first-order chi connectivity index (χ1) is 14.5. The maximum absolute atomic E-state index is 11.7. The number of hydrogen-bond donors (Lipinski definition) is 2. The molecule has 3 rings (SSSR count). The van der Waals surface area contributed by atoms with E-state index in [0.29, 0.717) is 41.3 Å². The van der Waals surface area contributed by atoms with Crippen LogP contribution in [0.2, 0.25) is 0 Å². The minimum Gasteiger partial charge on any atom is -0.378 e. The van der Waals surface area contributed by atoms with Gasteiger partial charge in [-0.15, -0.1) is 0 Å². The molecule has 0 spiro atoms. The summed E-state index contributed by atoms with van der Waals surface area (Å²) in [5.41, 5.74) is 1.75. The quantitative estimate of drug-likeness (QED) is 0.326. The van der Waals surface area contributed by atoms with E-state index in [1.165, 1.54) is 12.1 Å². The summed E-state index contributed by atoms with van der Waals surface area (Å²) >= 11 is 0. The number of benzene rings is 2. The molecule has 2 aromatic carbocycles. The fourth-order valence-corrected chi connectivity index (χ4v) is 2.83. The van der Waals surface area contributed by atoms with Gasteiger partial charge in [-0.05, 0) is 35.9 Å². The molecule has 0 bridgehead atoms. The highest BCUT2D eigenvalue weighted by molar-refractivity contribution is 5.82. The molecule has 3 aromatic rings. The molecule has 150 valence electrons. The van der Waals surface area contributed by atoms with Gasteiger partial charge in [-0.1, -0.05) is 18.2 Å². The highest BCUT2D eigenvalue weighted by Crippen LogP contribution is 2.36. The Hall–Kier alpha value is -4.52. The molecule has 10 nitrogen and oxygen atoms in total. The van der Waals surface area contributed by atoms with Crippen molar-refractivity contribution in [1.29, 1.82) is 5.26 Å². The van der Waals surface area contributed by atoms with E-state index in [1.54, 1.807) is 42.5 Å². The van der Waals surface area contributed by atoms with Crippen molar-refractivity contribution < 1.29 is 9.85 Å². The number of nitro groups is 2. The minimum absolute atomic E-state index is 0.0596. The van der Waals surface area contributed by atoms with Gasteiger partial charge in [-0.25, -0.2) is 4.98 Å². The van der Waals surface area contributed by atoms with Crippen molar-refractivity contribution in [2.45, 2.75) is 0 Å². The summed E-state index contributed by atoms with van der Waals surface area (Å²) < 4.78 is 0. The van der Waals surface area contributed by atoms with E-state index in [0.717, 1.165) is 6.20 Å². The Bertz CT molecular complexity index is 1110. The van der Waals surface area contributed by atoms with Crippen molar-refractivity contribution in [3.05, 3.63) is 86.6 Å². The van der Waals surface area contributed by atoms with Gasteiger partial charge in [-0.2, -0.15) is 5.26 Å². The predicted molar refractivity (Wildman–Crippen MR) is 111 cm³/mol. The van der Waals surface area contributed by atoms with Crippen LogP contribution in [0.4, 0.5) is 22.9 Å². The maximum atomic E-state index is 11.7. The van der Waals surface area contributed by atoms with Gasteiger partial charge in [0, 0.05) is 19.2 Å². The second kappa shape index (κ2) is 9.11. The lowest BCUT2D eigenvalue weighted by Gasteiger charge is -2.11. The molecule has 1 aromatic heterocycles. The zero-order valence-electron chi connectivity index (χ0n) is 15.6. The largest absolute Gasteiger partial charge is 0.378 e. The van der Waals surface area contributed by atoms with Crippen LogP contribution in [0.5, 0.6) is 0 Å². The van der Waals surface area contributed by atoms with Crippen molar-refractivity contribution >= 4 is 22.9 Å². The third-order valence-corrected chi connectivity index (χ3v) is 4.25. The molecule has 0 aliphatic heterocycles. The van der Waals surface area contributed by atoms with Gasteiger partial charge in [0.05, 0.1) is 27.0 Å². The van der Waals surface area contributed by atoms with Crippen molar-refractivity contribution in [2.24, 2.45) is 0 Å². The Morgan fingerprint density at radius 2 is 1.67 bits per heavy atom. The number of nitro benzene ring substituents is 1. The monoisotopic (exact) mass is 404 g/mol. The van der Waals surface area contributed by atoms with E-state index < -0.39 is 9.85 Å². The molecule has 0 fully saturated rings. The van der Waals surface area contributed by atoms with Gasteiger partial charge in [0.15, 0.2) is 0 Å². The van der Waals surface area contributed by atoms with Crippen LogP contribution in [-0.2, 0) is 0 Å². The Morgan fingerprint density at radius 3 is 2.27 bits per heavy atom. The molecule has 0 amide bonds. The third kappa shape index (κ3) is 4.66. The number of nitriles is 1. The summed E-state index contributed by atoms with van der Waals surface area (Å²) in [4.78, 5) is 25.3. The lowest BCUT2D eigenvalue weighted by molar-refractivity contribution is -0.385. The highest BCUT2D eigenvalue weighted by Gasteiger charge is 2.20. The summed E-state index contributed by atoms with van der Waals surface area (Å²) in [5.74, 6) is 0.461. The van der Waals surface area contributed by atoms with E-state index >= 15 is 0 Å². The van der Waals surface area contributed by atoms with Crippen LogP contribution in [0.1, 0.15) is 5.56 Å². The average Bonchev–Trinajstić information content (AvgIpc) is 2.76. The Morgan fingerprint density at radius 1 is 0.933 bits per heavy atom. The van der Waals surface area contributed by atoms with Crippen LogP contribution in [0.15, 0.2) is 60.8 Å². The lowest BCUT2D eigenvalue weighted by Crippen LogP contribution is -2.15. The molecular weight excluding hydrogens is 388 g/mol. The zero-order chi connectivity index (χ0) is 21.5. The first-order valence-corrected chi connectivity index (χ1v) is 8.85. The molecule has 0 saturated carbocycles. The van der Waals surface area contributed by atoms with Crippen LogP contribution in [0.3, 0.4) is 0 Å². The Labute approximate surface area is 171 Å². The number of nitrogens with zero attached hydrogens (tertiary/aromatic N) is 4. The van der Waals surface area contributed by atoms with E-state index in [9.17, 15) is 20.2 Å². The van der Waals surface area contributed by atoms with Gasteiger partial charge in [0.25, 0.3) is 11.4 Å². The first kappa shape index (κ1) is 20.2. The van der Waals surface area contributed by atoms with Crippen molar-refractivity contribution in [3.8, 4) is 17.2 Å². The zero-order valence-corrected chi connectivity index (χ0v) is 15.6. The number of hydrogen-bond acceptors (Lipinski definition) is 8. The van der Waals surface area contributed by atoms with Crippen LogP contribution < -0.4 is 10.6 Å². The van der Waals surface area contributed by atoms with Crippen LogP contribution >= 0.6 is 0 Å². The second-order valence-corrected chi connectivity index (χ2v) is 6.16. The van der Waals surface area contributed by atoms with Gasteiger partial charge in [-0.3, -0.25) is 20.2 Å². The van der Waals surface area contributed by atoms with Crippen molar-refractivity contribution in [2.75, 3.05) is 23.7 Å². The van der Waals surface area contributed by atoms with Gasteiger partial charge < -0.3 is 10.6 Å². The molecule has 1 heterocycles. The van der Waals surface area contributed by atoms with Crippen molar-refractivity contribution in [1.82, 2.24) is 4.98 Å². The number of rotatable bonds is 8. The van der Waals surface area contributed by atoms with Gasteiger partial charge in [0.1, 0.15) is 17.7 Å². The molecule has 30 heavy (non-hydrogen) atoms. The summed E-state index contributed by atoms with van der Waals surface area (Å²) in [5, 5.41) is 37.3. The summed E-state index contributed by atoms with van der Waals surface area (Å²) in [7, 11) is 0. The number of para-hydroxylation sites is 1. The average molecular weight is 404 g/mol. The molecule has 0 radical (unpaired) electrons. The SMILES string of the molecule is N#Cc1ccc(-c2cccc(NCCNc3ccc([N+](=O)[O-])cn3)c2[N+](=O)[O-])cc1. The predicted octanol–water partition coefficient (Wildman–Crippen LogP) is 3.96. The topological polar surface area (TPSA) is 147 Å². The molecule has 0 saturated heterocycles. The Kier molecular flexibility index (Phi) is 6.14. The molecule has 2 N–H and O–H groups in total. The van der Waals surface area contributed by atoms with Gasteiger partial charge >= 0.3 is 0 Å². The van der Waals surface area contributed by atoms with Crippen LogP contribution in [0, 0.1) is 31.6 Å². The van der Waals surface area contributed by atoms with E-state index in [-0.39, 0.29) is 11.4 Å². The van der Waals surface area contributed by atoms with Crippen LogP contribution in [0.25, 0.3) is 11.1 Å². The highest BCUT2D eigenvalue weighted by atomic mass is 16.6. The molecule has 0 aliphatic carbocycles. The maximum Gasteiger partial charge on any atom is 0.300 e. The number of nitrogens with one attached hydrogen (secondary N) is 2. The molecule has 0 aliphatic rings. The molecular formula is C20H16N6O4. The summed E-state index contributed by atoms with van der Waals surface area (Å²) in [6.45, 7) is 0.749. The normalized spacial score (nSPS) is 10.1. The first-order valence-electron chi connectivity index (χ1n) is 8.85. The third-order valence-electron chi connectivity index (χ3n) is 4.25. The van der Waals surface area contributed by atoms with E-state index in [1.807, 2.05) is 6.07 Å². The Balaban J connectivity index is 1.70. The van der Waals surface area contributed by atoms with E-state index in [2.05, 4.69) is 15.6 Å². The minimum atomic E-state index is -0.529. The smallest absolute Gasteiger partial charge is 0.300 e. The molecule has 0 unspecified atom stereocenters. The fraction of sp³-hybridized carbons (Fsp3) is 0.100.